The van der Waals surface area contributed by atoms with Crippen LogP contribution in [0.5, 0.6) is 0 Å². The first-order valence-electron chi connectivity index (χ1n) is 10.7. The largest absolute Gasteiger partial charge is 0.378 e. The summed E-state index contributed by atoms with van der Waals surface area (Å²) >= 11 is 0. The highest BCUT2D eigenvalue weighted by atomic mass is 16.5. The van der Waals surface area contributed by atoms with Gasteiger partial charge in [0, 0.05) is 13.1 Å². The number of hydrogen-bond acceptors (Lipinski definition) is 5. The molecular weight excluding hydrogens is 408 g/mol. The lowest BCUT2D eigenvalue weighted by atomic mass is 10.0. The van der Waals surface area contributed by atoms with Crippen LogP contribution < -0.4 is 11.2 Å². The zero-order chi connectivity index (χ0) is 22.7. The number of amides is 1. The molecule has 0 N–H and O–H groups in total. The van der Waals surface area contributed by atoms with Gasteiger partial charge in [0.15, 0.2) is 0 Å². The van der Waals surface area contributed by atoms with Crippen molar-refractivity contribution < 1.29 is 9.53 Å². The second-order valence-electron chi connectivity index (χ2n) is 8.07. The number of aromatic nitrogens is 3. The number of carbonyl (C=O) groups is 1. The van der Waals surface area contributed by atoms with Crippen LogP contribution in [0.3, 0.4) is 0 Å². The number of benzene rings is 2. The van der Waals surface area contributed by atoms with Crippen LogP contribution in [0, 0.1) is 0 Å². The smallest absolute Gasteiger partial charge is 0.352 e. The molecule has 0 radical (unpaired) electrons. The van der Waals surface area contributed by atoms with Crippen LogP contribution >= 0.6 is 0 Å². The van der Waals surface area contributed by atoms with Crippen molar-refractivity contribution in [3.63, 3.8) is 0 Å². The molecule has 1 aromatic heterocycles. The summed E-state index contributed by atoms with van der Waals surface area (Å²) in [7, 11) is 0. The van der Waals surface area contributed by atoms with Gasteiger partial charge in [-0.25, -0.2) is 4.79 Å². The van der Waals surface area contributed by atoms with E-state index in [1.807, 2.05) is 42.5 Å². The van der Waals surface area contributed by atoms with E-state index in [1.165, 1.54) is 4.90 Å². The van der Waals surface area contributed by atoms with E-state index in [1.54, 1.807) is 12.1 Å². The van der Waals surface area contributed by atoms with Gasteiger partial charge in [-0.05, 0) is 29.2 Å². The van der Waals surface area contributed by atoms with Crippen molar-refractivity contribution in [3.8, 4) is 5.69 Å². The van der Waals surface area contributed by atoms with Crippen LogP contribution in [0.25, 0.3) is 5.69 Å². The van der Waals surface area contributed by atoms with Gasteiger partial charge in [-0.15, -0.1) is 0 Å². The Balaban J connectivity index is 1.84. The van der Waals surface area contributed by atoms with Crippen LogP contribution in [0.4, 0.5) is 0 Å². The molecule has 0 unspecified atom stereocenters. The highest BCUT2D eigenvalue weighted by Crippen LogP contribution is 2.16. The summed E-state index contributed by atoms with van der Waals surface area (Å²) in [4.78, 5) is 41.2. The van der Waals surface area contributed by atoms with Crippen molar-refractivity contribution in [1.82, 2.24) is 19.2 Å². The minimum Gasteiger partial charge on any atom is -0.378 e. The molecule has 1 aliphatic heterocycles. The second-order valence-corrected chi connectivity index (χ2v) is 8.07. The van der Waals surface area contributed by atoms with E-state index < -0.39 is 17.2 Å². The second kappa shape index (κ2) is 9.32. The number of morpholine rings is 1. The quantitative estimate of drug-likeness (QED) is 0.613. The minimum atomic E-state index is -0.689. The molecule has 0 bridgehead atoms. The monoisotopic (exact) mass is 434 g/mol. The molecule has 2 heterocycles. The fourth-order valence-corrected chi connectivity index (χ4v) is 3.64. The molecular formula is C24H26N4O4. The van der Waals surface area contributed by atoms with Gasteiger partial charge in [-0.3, -0.25) is 14.2 Å². The fourth-order valence-electron chi connectivity index (χ4n) is 3.64. The SMILES string of the molecule is CC(C)c1ccc(-n2nc(C(=O)N3CCOCC3)c(=O)n(Cc3ccccc3)c2=O)cc1. The average Bonchev–Trinajstić information content (AvgIpc) is 2.83. The first-order chi connectivity index (χ1) is 15.5. The predicted molar refractivity (Wildman–Crippen MR) is 120 cm³/mol. The van der Waals surface area contributed by atoms with Crippen molar-refractivity contribution in [2.45, 2.75) is 26.3 Å². The first-order valence-corrected chi connectivity index (χ1v) is 10.7. The Morgan fingerprint density at radius 1 is 1.00 bits per heavy atom. The van der Waals surface area contributed by atoms with E-state index in [-0.39, 0.29) is 12.2 Å². The van der Waals surface area contributed by atoms with Crippen molar-refractivity contribution in [3.05, 3.63) is 92.3 Å². The van der Waals surface area contributed by atoms with E-state index in [0.717, 1.165) is 20.4 Å². The number of nitrogens with zero attached hydrogens (tertiary/aromatic N) is 4. The standard InChI is InChI=1S/C24H26N4O4/c1-17(2)19-8-10-20(11-9-19)28-24(31)27(16-18-6-4-3-5-7-18)23(30)21(25-28)22(29)26-12-14-32-15-13-26/h3-11,17H,12-16H2,1-2H3. The molecule has 32 heavy (non-hydrogen) atoms. The van der Waals surface area contributed by atoms with Crippen LogP contribution in [0.2, 0.25) is 0 Å². The van der Waals surface area contributed by atoms with Crippen molar-refractivity contribution in [2.24, 2.45) is 0 Å². The molecule has 0 saturated carbocycles. The van der Waals surface area contributed by atoms with Crippen LogP contribution in [0.1, 0.15) is 41.4 Å². The summed E-state index contributed by atoms with van der Waals surface area (Å²) < 4.78 is 7.53. The highest BCUT2D eigenvalue weighted by molar-refractivity contribution is 5.91. The summed E-state index contributed by atoms with van der Waals surface area (Å²) in [5.74, 6) is -0.160. The molecule has 0 spiro atoms. The molecule has 1 saturated heterocycles. The molecule has 3 aromatic rings. The van der Waals surface area contributed by atoms with Crippen molar-refractivity contribution in [1.29, 1.82) is 0 Å². The Bertz CT molecular complexity index is 1210. The normalized spacial score (nSPS) is 14.0. The molecule has 8 nitrogen and oxygen atoms in total. The zero-order valence-electron chi connectivity index (χ0n) is 18.2. The Morgan fingerprint density at radius 3 is 2.28 bits per heavy atom. The lowest BCUT2D eigenvalue weighted by Crippen LogP contribution is -2.48. The fraction of sp³-hybridized carbons (Fsp3) is 0.333. The van der Waals surface area contributed by atoms with E-state index in [9.17, 15) is 14.4 Å². The summed E-state index contributed by atoms with van der Waals surface area (Å²) in [5.41, 5.74) is 0.848. The van der Waals surface area contributed by atoms with Crippen LogP contribution in [-0.4, -0.2) is 51.5 Å². The topological polar surface area (TPSA) is 86.4 Å². The summed E-state index contributed by atoms with van der Waals surface area (Å²) in [6, 6.07) is 16.6. The van der Waals surface area contributed by atoms with Gasteiger partial charge in [-0.2, -0.15) is 9.78 Å². The third-order valence-corrected chi connectivity index (χ3v) is 5.55. The maximum absolute atomic E-state index is 13.3. The maximum atomic E-state index is 13.3. The number of carbonyl (C=O) groups excluding carboxylic acids is 1. The maximum Gasteiger partial charge on any atom is 0.352 e. The van der Waals surface area contributed by atoms with E-state index >= 15 is 0 Å². The van der Waals surface area contributed by atoms with E-state index in [2.05, 4.69) is 18.9 Å². The molecule has 1 fully saturated rings. The molecule has 166 valence electrons. The minimum absolute atomic E-state index is 0.0501. The van der Waals surface area contributed by atoms with Gasteiger partial charge in [0.25, 0.3) is 11.5 Å². The Kier molecular flexibility index (Phi) is 6.32. The zero-order valence-corrected chi connectivity index (χ0v) is 18.2. The summed E-state index contributed by atoms with van der Waals surface area (Å²) in [5, 5.41) is 4.23. The Labute approximate surface area is 185 Å². The van der Waals surface area contributed by atoms with Crippen LogP contribution in [0.15, 0.2) is 64.2 Å². The molecule has 0 aliphatic carbocycles. The molecule has 8 heteroatoms. The third-order valence-electron chi connectivity index (χ3n) is 5.55. The van der Waals surface area contributed by atoms with Gasteiger partial charge >= 0.3 is 5.69 Å². The summed E-state index contributed by atoms with van der Waals surface area (Å²) in [6.07, 6.45) is 0. The van der Waals surface area contributed by atoms with E-state index in [0.29, 0.717) is 37.9 Å². The molecule has 1 aliphatic rings. The first kappa shape index (κ1) is 21.7. The number of hydrogen-bond donors (Lipinski definition) is 0. The lowest BCUT2D eigenvalue weighted by Gasteiger charge is -2.26. The van der Waals surface area contributed by atoms with Gasteiger partial charge in [0.2, 0.25) is 5.69 Å². The highest BCUT2D eigenvalue weighted by Gasteiger charge is 2.26. The van der Waals surface area contributed by atoms with Crippen molar-refractivity contribution in [2.75, 3.05) is 26.3 Å². The van der Waals surface area contributed by atoms with Gasteiger partial charge < -0.3 is 9.64 Å². The third kappa shape index (κ3) is 4.40. The van der Waals surface area contributed by atoms with Gasteiger partial charge in [0.05, 0.1) is 25.4 Å². The number of ether oxygens (including phenoxy) is 1. The van der Waals surface area contributed by atoms with Gasteiger partial charge in [0.1, 0.15) is 0 Å². The van der Waals surface area contributed by atoms with Crippen molar-refractivity contribution >= 4 is 5.91 Å². The van der Waals surface area contributed by atoms with Crippen LogP contribution in [-0.2, 0) is 11.3 Å². The van der Waals surface area contributed by atoms with E-state index in [4.69, 9.17) is 4.74 Å². The molecule has 1 amide bonds. The Morgan fingerprint density at radius 2 is 1.66 bits per heavy atom. The predicted octanol–water partition coefficient (Wildman–Crippen LogP) is 2.04. The molecule has 4 rings (SSSR count). The molecule has 0 atom stereocenters. The lowest BCUT2D eigenvalue weighted by molar-refractivity contribution is 0.0295. The number of rotatable bonds is 5. The Hall–Kier alpha value is -3.52. The molecule has 2 aromatic carbocycles. The average molecular weight is 434 g/mol. The summed E-state index contributed by atoms with van der Waals surface area (Å²) in [6.45, 7) is 5.77. The van der Waals surface area contributed by atoms with Gasteiger partial charge in [-0.1, -0.05) is 56.3 Å².